The van der Waals surface area contributed by atoms with Crippen molar-refractivity contribution in [2.24, 2.45) is 5.73 Å². The van der Waals surface area contributed by atoms with Crippen molar-refractivity contribution >= 4 is 45.8 Å². The van der Waals surface area contributed by atoms with E-state index in [2.05, 4.69) is 15.7 Å². The van der Waals surface area contributed by atoms with Gasteiger partial charge in [-0.05, 0) is 25.1 Å². The molecule has 1 aromatic carbocycles. The Balaban J connectivity index is 1.94. The fraction of sp³-hybridized carbons (Fsp3) is 0.231. The maximum Gasteiger partial charge on any atom is 0.104 e. The maximum absolute atomic E-state index is 6.17. The SMILES string of the molecule is Cc1nc(CCNc2ccc(C(N)=S)cc2Cl)cs1. The Morgan fingerprint density at radius 3 is 2.89 bits per heavy atom. The van der Waals surface area contributed by atoms with Crippen molar-refractivity contribution in [2.45, 2.75) is 13.3 Å². The average Bonchev–Trinajstić information content (AvgIpc) is 2.77. The Labute approximate surface area is 126 Å². The molecule has 0 amide bonds. The van der Waals surface area contributed by atoms with Crippen LogP contribution in [0.25, 0.3) is 0 Å². The van der Waals surface area contributed by atoms with Crippen LogP contribution in [0.4, 0.5) is 5.69 Å². The largest absolute Gasteiger partial charge is 0.389 e. The van der Waals surface area contributed by atoms with Crippen molar-refractivity contribution in [3.8, 4) is 0 Å². The fourth-order valence-corrected chi connectivity index (χ4v) is 2.68. The number of thiocarbonyl (C=S) groups is 1. The molecule has 0 atom stereocenters. The van der Waals surface area contributed by atoms with E-state index in [1.807, 2.05) is 19.1 Å². The summed E-state index contributed by atoms with van der Waals surface area (Å²) in [5.41, 5.74) is 8.32. The second kappa shape index (κ2) is 6.32. The number of hydrogen-bond acceptors (Lipinski definition) is 4. The van der Waals surface area contributed by atoms with Gasteiger partial charge in [0.2, 0.25) is 0 Å². The first-order chi connectivity index (χ1) is 9.06. The van der Waals surface area contributed by atoms with Gasteiger partial charge in [-0.3, -0.25) is 0 Å². The van der Waals surface area contributed by atoms with Crippen molar-refractivity contribution in [3.63, 3.8) is 0 Å². The first kappa shape index (κ1) is 14.2. The maximum atomic E-state index is 6.17. The summed E-state index contributed by atoms with van der Waals surface area (Å²) in [5.74, 6) is 0. The molecule has 1 heterocycles. The standard InChI is InChI=1S/C13H14ClN3S2/c1-8-17-10(7-19-8)4-5-16-12-3-2-9(13(15)18)6-11(12)14/h2-3,6-7,16H,4-5H2,1H3,(H2,15,18). The normalized spacial score (nSPS) is 10.4. The van der Waals surface area contributed by atoms with Gasteiger partial charge in [0.05, 0.1) is 21.4 Å². The smallest absolute Gasteiger partial charge is 0.104 e. The first-order valence-electron chi connectivity index (χ1n) is 5.80. The van der Waals surface area contributed by atoms with Crippen molar-refractivity contribution in [1.82, 2.24) is 4.98 Å². The van der Waals surface area contributed by atoms with E-state index in [-0.39, 0.29) is 0 Å². The van der Waals surface area contributed by atoms with Gasteiger partial charge in [0.25, 0.3) is 0 Å². The van der Waals surface area contributed by atoms with E-state index in [1.165, 1.54) is 0 Å². The van der Waals surface area contributed by atoms with Crippen LogP contribution < -0.4 is 11.1 Å². The second-order valence-electron chi connectivity index (χ2n) is 4.09. The summed E-state index contributed by atoms with van der Waals surface area (Å²) in [6.45, 7) is 2.79. The van der Waals surface area contributed by atoms with Crippen molar-refractivity contribution < 1.29 is 0 Å². The van der Waals surface area contributed by atoms with Gasteiger partial charge in [0.15, 0.2) is 0 Å². The fourth-order valence-electron chi connectivity index (χ4n) is 1.66. The number of benzene rings is 1. The summed E-state index contributed by atoms with van der Waals surface area (Å²) < 4.78 is 0. The zero-order valence-electron chi connectivity index (χ0n) is 10.4. The van der Waals surface area contributed by atoms with Crippen LogP contribution in [0.15, 0.2) is 23.6 Å². The molecular weight excluding hydrogens is 298 g/mol. The number of nitrogens with two attached hydrogens (primary N) is 1. The summed E-state index contributed by atoms with van der Waals surface area (Å²) in [4.78, 5) is 4.77. The number of halogens is 1. The number of nitrogens with zero attached hydrogens (tertiary/aromatic N) is 1. The molecule has 2 rings (SSSR count). The van der Waals surface area contributed by atoms with Crippen LogP contribution in [0.3, 0.4) is 0 Å². The van der Waals surface area contributed by atoms with Gasteiger partial charge < -0.3 is 11.1 Å². The minimum absolute atomic E-state index is 0.353. The predicted octanol–water partition coefficient (Wildman–Crippen LogP) is 3.39. The zero-order valence-corrected chi connectivity index (χ0v) is 12.8. The van der Waals surface area contributed by atoms with Crippen molar-refractivity contribution in [1.29, 1.82) is 0 Å². The van der Waals surface area contributed by atoms with Crippen LogP contribution in [-0.4, -0.2) is 16.5 Å². The Bertz CT molecular complexity index is 595. The lowest BCUT2D eigenvalue weighted by atomic mass is 10.2. The lowest BCUT2D eigenvalue weighted by molar-refractivity contribution is 0.968. The Hall–Kier alpha value is -1.17. The van der Waals surface area contributed by atoms with E-state index in [0.29, 0.717) is 10.0 Å². The summed E-state index contributed by atoms with van der Waals surface area (Å²) in [6.07, 6.45) is 0.873. The predicted molar refractivity (Wildman–Crippen MR) is 86.4 cm³/mol. The number of thiazole rings is 1. The van der Waals surface area contributed by atoms with Gasteiger partial charge >= 0.3 is 0 Å². The molecule has 0 radical (unpaired) electrons. The molecule has 0 spiro atoms. The van der Waals surface area contributed by atoms with Crippen LogP contribution in [0, 0.1) is 6.92 Å². The summed E-state index contributed by atoms with van der Waals surface area (Å²) in [5, 5.41) is 7.08. The minimum atomic E-state index is 0.353. The number of anilines is 1. The van der Waals surface area contributed by atoms with Crippen LogP contribution >= 0.6 is 35.2 Å². The second-order valence-corrected chi connectivity index (χ2v) is 6.00. The van der Waals surface area contributed by atoms with E-state index >= 15 is 0 Å². The third-order valence-electron chi connectivity index (χ3n) is 2.62. The van der Waals surface area contributed by atoms with E-state index < -0.39 is 0 Å². The summed E-state index contributed by atoms with van der Waals surface area (Å²) in [6, 6.07) is 5.53. The Morgan fingerprint density at radius 2 is 2.32 bits per heavy atom. The molecule has 1 aromatic heterocycles. The van der Waals surface area contributed by atoms with Gasteiger partial charge in [-0.2, -0.15) is 0 Å². The highest BCUT2D eigenvalue weighted by Gasteiger charge is 2.04. The van der Waals surface area contributed by atoms with E-state index in [9.17, 15) is 0 Å². The average molecular weight is 312 g/mol. The minimum Gasteiger partial charge on any atom is -0.389 e. The molecule has 0 fully saturated rings. The van der Waals surface area contributed by atoms with Crippen LogP contribution in [-0.2, 0) is 6.42 Å². The van der Waals surface area contributed by atoms with E-state index in [0.717, 1.165) is 34.9 Å². The molecule has 6 heteroatoms. The number of hydrogen-bond donors (Lipinski definition) is 2. The molecule has 100 valence electrons. The molecule has 0 unspecified atom stereocenters. The summed E-state index contributed by atoms with van der Waals surface area (Å²) >= 11 is 12.7. The molecule has 0 saturated heterocycles. The van der Waals surface area contributed by atoms with Crippen LogP contribution in [0.1, 0.15) is 16.3 Å². The van der Waals surface area contributed by atoms with Crippen LogP contribution in [0.2, 0.25) is 5.02 Å². The topological polar surface area (TPSA) is 50.9 Å². The molecular formula is C13H14ClN3S2. The monoisotopic (exact) mass is 311 g/mol. The molecule has 0 bridgehead atoms. The van der Waals surface area contributed by atoms with Crippen molar-refractivity contribution in [2.75, 3.05) is 11.9 Å². The highest BCUT2D eigenvalue weighted by atomic mass is 35.5. The Kier molecular flexibility index (Phi) is 4.74. The van der Waals surface area contributed by atoms with Gasteiger partial charge in [-0.15, -0.1) is 11.3 Å². The molecule has 0 aliphatic heterocycles. The third kappa shape index (κ3) is 3.89. The van der Waals surface area contributed by atoms with Gasteiger partial charge in [-0.25, -0.2) is 4.98 Å². The van der Waals surface area contributed by atoms with E-state index in [4.69, 9.17) is 29.6 Å². The quantitative estimate of drug-likeness (QED) is 0.831. The van der Waals surface area contributed by atoms with Crippen molar-refractivity contribution in [3.05, 3.63) is 44.9 Å². The molecule has 19 heavy (non-hydrogen) atoms. The highest BCUT2D eigenvalue weighted by Crippen LogP contribution is 2.23. The molecule has 0 saturated carbocycles. The Morgan fingerprint density at radius 1 is 1.53 bits per heavy atom. The first-order valence-corrected chi connectivity index (χ1v) is 7.47. The molecule has 3 N–H and O–H groups in total. The highest BCUT2D eigenvalue weighted by molar-refractivity contribution is 7.80. The molecule has 0 aliphatic rings. The van der Waals surface area contributed by atoms with Crippen LogP contribution in [0.5, 0.6) is 0 Å². The number of nitrogens with one attached hydrogen (secondary N) is 1. The van der Waals surface area contributed by atoms with Gasteiger partial charge in [-0.1, -0.05) is 23.8 Å². The van der Waals surface area contributed by atoms with Gasteiger partial charge in [0.1, 0.15) is 4.99 Å². The number of aryl methyl sites for hydroxylation is 1. The van der Waals surface area contributed by atoms with Gasteiger partial charge in [0, 0.05) is 23.9 Å². The lowest BCUT2D eigenvalue weighted by Gasteiger charge is -2.09. The lowest BCUT2D eigenvalue weighted by Crippen LogP contribution is -2.10. The zero-order chi connectivity index (χ0) is 13.8. The summed E-state index contributed by atoms with van der Waals surface area (Å²) in [7, 11) is 0. The van der Waals surface area contributed by atoms with E-state index in [1.54, 1.807) is 17.4 Å². The third-order valence-corrected chi connectivity index (χ3v) is 3.99. The molecule has 3 nitrogen and oxygen atoms in total. The molecule has 0 aliphatic carbocycles. The number of aromatic nitrogens is 1. The number of rotatable bonds is 5. The molecule has 2 aromatic rings.